The smallest absolute Gasteiger partial charge is 0.176 e. The monoisotopic (exact) mass is 381 g/mol. The molecule has 0 fully saturated rings. The van der Waals surface area contributed by atoms with Gasteiger partial charge >= 0.3 is 0 Å². The van der Waals surface area contributed by atoms with E-state index in [1.807, 2.05) is 62.4 Å². The lowest BCUT2D eigenvalue weighted by Gasteiger charge is -2.12. The molecule has 0 amide bonds. The Morgan fingerprint density at radius 3 is 2.59 bits per heavy atom. The number of benzene rings is 1. The highest BCUT2D eigenvalue weighted by Gasteiger charge is 2.13. The first-order chi connectivity index (χ1) is 13.1. The molecule has 1 N–H and O–H groups in total. The fraction of sp³-hybridized carbons (Fsp3) is 0.222. The van der Waals surface area contributed by atoms with Gasteiger partial charge in [-0.25, -0.2) is 9.67 Å². The van der Waals surface area contributed by atoms with Gasteiger partial charge in [-0.15, -0.1) is 0 Å². The molecule has 4 aromatic rings. The topological polar surface area (TPSA) is 82.7 Å². The summed E-state index contributed by atoms with van der Waals surface area (Å²) >= 11 is 1.47. The van der Waals surface area contributed by atoms with E-state index in [2.05, 4.69) is 24.9 Å². The number of aryl methyl sites for hydroxylation is 3. The Morgan fingerprint density at radius 2 is 1.93 bits per heavy atom. The summed E-state index contributed by atoms with van der Waals surface area (Å²) in [5.74, 6) is 2.24. The summed E-state index contributed by atoms with van der Waals surface area (Å²) in [4.78, 5) is 9.89. The normalized spacial score (nSPS) is 11.1. The second-order valence-electron chi connectivity index (χ2n) is 6.04. The summed E-state index contributed by atoms with van der Waals surface area (Å²) in [5.41, 5.74) is 2.66. The molecule has 138 valence electrons. The summed E-state index contributed by atoms with van der Waals surface area (Å²) in [7, 11) is 5.44. The maximum atomic E-state index is 5.51. The molecule has 0 aliphatic carbocycles. The van der Waals surface area contributed by atoms with E-state index in [-0.39, 0.29) is 0 Å². The van der Waals surface area contributed by atoms with E-state index in [4.69, 9.17) is 4.74 Å². The van der Waals surface area contributed by atoms with Crippen molar-refractivity contribution < 1.29 is 4.74 Å². The fourth-order valence-electron chi connectivity index (χ4n) is 2.94. The van der Waals surface area contributed by atoms with Crippen LogP contribution < -0.4 is 9.46 Å². The van der Waals surface area contributed by atoms with Crippen LogP contribution in [0.2, 0.25) is 0 Å². The molecule has 4 rings (SSSR count). The third kappa shape index (κ3) is 3.21. The molecule has 0 aliphatic heterocycles. The number of nitrogens with zero attached hydrogens (tertiary/aromatic N) is 6. The summed E-state index contributed by atoms with van der Waals surface area (Å²) in [6, 6.07) is 7.87. The minimum atomic E-state index is 0.728. The van der Waals surface area contributed by atoms with Crippen molar-refractivity contribution >= 4 is 28.5 Å². The highest BCUT2D eigenvalue weighted by molar-refractivity contribution is 8.00. The van der Waals surface area contributed by atoms with Gasteiger partial charge in [0.15, 0.2) is 5.82 Å². The van der Waals surface area contributed by atoms with Crippen molar-refractivity contribution in [1.29, 1.82) is 0 Å². The third-order valence-corrected chi connectivity index (χ3v) is 4.97. The Hall–Kier alpha value is -3.07. The van der Waals surface area contributed by atoms with Crippen LogP contribution in [0.3, 0.4) is 0 Å². The largest absolute Gasteiger partial charge is 0.494 e. The molecule has 0 saturated heterocycles. The maximum absolute atomic E-state index is 5.51. The summed E-state index contributed by atoms with van der Waals surface area (Å²) in [5, 5.41) is 9.64. The van der Waals surface area contributed by atoms with Gasteiger partial charge in [-0.3, -0.25) is 9.67 Å². The molecule has 0 saturated carbocycles. The fourth-order valence-corrected chi connectivity index (χ4v) is 3.59. The Labute approximate surface area is 160 Å². The van der Waals surface area contributed by atoms with E-state index >= 15 is 0 Å². The molecule has 0 bridgehead atoms. The van der Waals surface area contributed by atoms with Gasteiger partial charge in [0, 0.05) is 30.6 Å². The van der Waals surface area contributed by atoms with Crippen LogP contribution in [0, 0.1) is 6.92 Å². The first-order valence-electron chi connectivity index (χ1n) is 8.32. The number of aromatic nitrogens is 6. The zero-order valence-corrected chi connectivity index (χ0v) is 16.3. The number of nitrogens with one attached hydrogen (secondary N) is 1. The molecule has 27 heavy (non-hydrogen) atoms. The lowest BCUT2D eigenvalue weighted by Crippen LogP contribution is -1.98. The molecule has 3 aromatic heterocycles. The quantitative estimate of drug-likeness (QED) is 0.532. The van der Waals surface area contributed by atoms with Crippen LogP contribution in [0.1, 0.15) is 5.82 Å². The average Bonchev–Trinajstić information content (AvgIpc) is 3.22. The Morgan fingerprint density at radius 1 is 1.07 bits per heavy atom. The molecule has 0 radical (unpaired) electrons. The number of fused-ring (bicyclic) bond motifs is 1. The first kappa shape index (κ1) is 17.3. The van der Waals surface area contributed by atoms with Crippen LogP contribution in [-0.2, 0) is 14.1 Å². The minimum absolute atomic E-state index is 0.728. The van der Waals surface area contributed by atoms with Crippen LogP contribution in [0.4, 0.5) is 5.69 Å². The molecule has 9 heteroatoms. The van der Waals surface area contributed by atoms with Crippen LogP contribution >= 0.6 is 11.9 Å². The van der Waals surface area contributed by atoms with Crippen molar-refractivity contribution in [2.24, 2.45) is 14.1 Å². The second kappa shape index (κ2) is 6.92. The van der Waals surface area contributed by atoms with E-state index in [0.717, 1.165) is 44.6 Å². The highest BCUT2D eigenvalue weighted by atomic mass is 32.2. The van der Waals surface area contributed by atoms with Gasteiger partial charge < -0.3 is 9.46 Å². The van der Waals surface area contributed by atoms with E-state index in [0.29, 0.717) is 0 Å². The number of hydrogen-bond acceptors (Lipinski definition) is 7. The molecule has 0 spiro atoms. The van der Waals surface area contributed by atoms with Crippen LogP contribution in [-0.4, -0.2) is 36.6 Å². The van der Waals surface area contributed by atoms with E-state index in [1.165, 1.54) is 11.9 Å². The van der Waals surface area contributed by atoms with Crippen molar-refractivity contribution in [3.05, 3.63) is 42.5 Å². The Kier molecular flexibility index (Phi) is 4.44. The van der Waals surface area contributed by atoms with Crippen molar-refractivity contribution in [2.75, 3.05) is 11.8 Å². The van der Waals surface area contributed by atoms with Gasteiger partial charge in [0.25, 0.3) is 0 Å². The summed E-state index contributed by atoms with van der Waals surface area (Å²) in [6.07, 6.45) is 3.65. The Bertz CT molecular complexity index is 1100. The van der Waals surface area contributed by atoms with Crippen LogP contribution in [0.25, 0.3) is 22.4 Å². The molecular weight excluding hydrogens is 362 g/mol. The van der Waals surface area contributed by atoms with Gasteiger partial charge in [0.05, 0.1) is 18.8 Å². The molecular formula is C18H19N7OS. The zero-order chi connectivity index (χ0) is 19.0. The van der Waals surface area contributed by atoms with Crippen molar-refractivity contribution in [3.63, 3.8) is 0 Å². The zero-order valence-electron chi connectivity index (χ0n) is 15.5. The maximum Gasteiger partial charge on any atom is 0.176 e. The number of anilines is 1. The van der Waals surface area contributed by atoms with Crippen LogP contribution in [0.15, 0.2) is 41.6 Å². The van der Waals surface area contributed by atoms with Crippen molar-refractivity contribution in [2.45, 2.75) is 11.8 Å². The molecule has 1 aromatic carbocycles. The lowest BCUT2D eigenvalue weighted by molar-refractivity contribution is 0.417. The third-order valence-electron chi connectivity index (χ3n) is 4.19. The number of pyridine rings is 1. The molecule has 0 unspecified atom stereocenters. The predicted molar refractivity (Wildman–Crippen MR) is 106 cm³/mol. The second-order valence-corrected chi connectivity index (χ2v) is 6.92. The van der Waals surface area contributed by atoms with Crippen molar-refractivity contribution in [3.8, 4) is 17.3 Å². The van der Waals surface area contributed by atoms with Gasteiger partial charge in [0.2, 0.25) is 0 Å². The lowest BCUT2D eigenvalue weighted by atomic mass is 10.2. The summed E-state index contributed by atoms with van der Waals surface area (Å²) < 4.78 is 12.5. The number of ether oxygens (including phenoxy) is 1. The van der Waals surface area contributed by atoms with Gasteiger partial charge in [-0.2, -0.15) is 10.2 Å². The molecule has 8 nitrogen and oxygen atoms in total. The van der Waals surface area contributed by atoms with E-state index < -0.39 is 0 Å². The Balaban J connectivity index is 1.58. The average molecular weight is 381 g/mol. The molecule has 0 aliphatic rings. The standard InChI is InChI=1S/C18H19N7OS/c1-11-21-18(25(3)22-11)14-7-6-13(10-19-14)27-23-16-15(26-4)8-5-12-9-20-24(2)17(12)16/h5-10,23H,1-4H3. The highest BCUT2D eigenvalue weighted by Crippen LogP contribution is 2.36. The minimum Gasteiger partial charge on any atom is -0.494 e. The number of hydrogen-bond donors (Lipinski definition) is 1. The SMILES string of the molecule is COc1ccc2cnn(C)c2c1NSc1ccc(-c2nc(C)nn2C)nc1. The van der Waals surface area contributed by atoms with Crippen molar-refractivity contribution in [1.82, 2.24) is 29.5 Å². The molecule has 0 atom stereocenters. The number of methoxy groups -OCH3 is 1. The first-order valence-corrected chi connectivity index (χ1v) is 9.14. The van der Waals surface area contributed by atoms with Gasteiger partial charge in [-0.1, -0.05) is 0 Å². The van der Waals surface area contributed by atoms with Gasteiger partial charge in [0.1, 0.15) is 23.0 Å². The van der Waals surface area contributed by atoms with E-state index in [1.54, 1.807) is 11.8 Å². The number of rotatable bonds is 5. The summed E-state index contributed by atoms with van der Waals surface area (Å²) in [6.45, 7) is 1.87. The molecule has 3 heterocycles. The van der Waals surface area contributed by atoms with Crippen LogP contribution in [0.5, 0.6) is 5.75 Å². The van der Waals surface area contributed by atoms with E-state index in [9.17, 15) is 0 Å². The predicted octanol–water partition coefficient (Wildman–Crippen LogP) is 3.20. The van der Waals surface area contributed by atoms with Gasteiger partial charge in [-0.05, 0) is 43.1 Å².